The van der Waals surface area contributed by atoms with E-state index < -0.39 is 39.2 Å². The number of nitrogens with one attached hydrogen (secondary N) is 1. The molecule has 4 nitrogen and oxygen atoms in total. The van der Waals surface area contributed by atoms with Crippen LogP contribution in [-0.4, -0.2) is 32.6 Å². The summed E-state index contributed by atoms with van der Waals surface area (Å²) in [5.41, 5.74) is 0.0919. The van der Waals surface area contributed by atoms with Gasteiger partial charge in [-0.2, -0.15) is 13.2 Å². The Morgan fingerprint density at radius 3 is 2.46 bits per heavy atom. The Balaban J connectivity index is 2.47. The summed E-state index contributed by atoms with van der Waals surface area (Å²) < 4.78 is 62.8. The summed E-state index contributed by atoms with van der Waals surface area (Å²) in [6.07, 6.45) is 0.747. The highest BCUT2D eigenvalue weighted by Gasteiger charge is 2.38. The van der Waals surface area contributed by atoms with Crippen LogP contribution in [0.2, 0.25) is 0 Å². The first-order valence-electron chi connectivity index (χ1n) is 7.06. The van der Waals surface area contributed by atoms with Crippen LogP contribution in [0, 0.1) is 0 Å². The lowest BCUT2D eigenvalue weighted by Crippen LogP contribution is -2.24. The molecule has 2 aromatic rings. The van der Waals surface area contributed by atoms with Gasteiger partial charge in [-0.05, 0) is 30.0 Å². The van der Waals surface area contributed by atoms with Crippen LogP contribution < -0.4 is 4.90 Å². The van der Waals surface area contributed by atoms with E-state index in [1.54, 1.807) is 24.7 Å². The van der Waals surface area contributed by atoms with E-state index >= 15 is 0 Å². The number of hydrogen-bond acceptors (Lipinski definition) is 3. The summed E-state index contributed by atoms with van der Waals surface area (Å²) in [4.78, 5) is 4.24. The third-order valence-electron chi connectivity index (χ3n) is 3.54. The fraction of sp³-hybridized carbons (Fsp3) is 0.333. The third kappa shape index (κ3) is 4.47. The quantitative estimate of drug-likeness (QED) is 0.675. The number of aromatic amines is 1. The number of rotatable bonds is 6. The largest absolute Gasteiger partial charge is 0.419 e. The van der Waals surface area contributed by atoms with Crippen LogP contribution >= 0.6 is 10.9 Å². The van der Waals surface area contributed by atoms with Crippen molar-refractivity contribution in [1.82, 2.24) is 4.98 Å². The predicted octanol–water partition coefficient (Wildman–Crippen LogP) is 3.23. The molecule has 0 spiro atoms. The average molecular weight is 380 g/mol. The number of H-pyrrole nitrogens is 1. The Morgan fingerprint density at radius 1 is 1.21 bits per heavy atom. The first-order valence-corrected chi connectivity index (χ1v) is 10.4. The van der Waals surface area contributed by atoms with Gasteiger partial charge in [0.15, 0.2) is 10.7 Å². The lowest BCUT2D eigenvalue weighted by molar-refractivity contribution is -0.139. The van der Waals surface area contributed by atoms with Gasteiger partial charge >= 0.3 is 6.18 Å². The van der Waals surface area contributed by atoms with Gasteiger partial charge < -0.3 is 9.88 Å². The van der Waals surface area contributed by atoms with Crippen LogP contribution in [0.5, 0.6) is 0 Å². The normalized spacial score (nSPS) is 14.0. The number of nitrogens with zero attached hydrogens (tertiary/aromatic N) is 1. The molecule has 1 unspecified atom stereocenters. The smallest absolute Gasteiger partial charge is 0.367 e. The van der Waals surface area contributed by atoms with Gasteiger partial charge in [-0.25, -0.2) is 19.3 Å². The van der Waals surface area contributed by atoms with E-state index in [1.165, 1.54) is 19.2 Å². The van der Waals surface area contributed by atoms with Gasteiger partial charge in [0.05, 0.1) is 11.3 Å². The van der Waals surface area contributed by atoms with E-state index in [9.17, 15) is 21.6 Å². The lowest BCUT2D eigenvalue weighted by Gasteiger charge is -2.27. The SMILES string of the molecule is CN(C[SH](=O)=O)c1cccc([SH](C)Cc2cc[nH]c2)c1C(F)(F)F. The lowest BCUT2D eigenvalue weighted by atomic mass is 10.1. The summed E-state index contributed by atoms with van der Waals surface area (Å²) in [5.74, 6) is 0.0617. The maximum atomic E-state index is 13.7. The van der Waals surface area contributed by atoms with Crippen molar-refractivity contribution >= 4 is 27.3 Å². The molecule has 2 rings (SSSR count). The second-order valence-corrected chi connectivity index (χ2v) is 8.56. The number of aromatic nitrogens is 1. The molecule has 134 valence electrons. The molecule has 0 amide bonds. The van der Waals surface area contributed by atoms with E-state index in [0.717, 1.165) is 10.5 Å². The Morgan fingerprint density at radius 2 is 1.92 bits per heavy atom. The summed E-state index contributed by atoms with van der Waals surface area (Å²) in [6.45, 7) is 0. The molecule has 0 aliphatic heterocycles. The molecule has 0 aliphatic carbocycles. The van der Waals surface area contributed by atoms with Gasteiger partial charge in [0.2, 0.25) is 0 Å². The number of hydrogen-bond donors (Lipinski definition) is 3. The Bertz CT molecular complexity index is 751. The van der Waals surface area contributed by atoms with Crippen LogP contribution in [0.3, 0.4) is 0 Å². The maximum absolute atomic E-state index is 13.7. The molecule has 1 aromatic carbocycles. The van der Waals surface area contributed by atoms with E-state index in [-0.39, 0.29) is 10.6 Å². The Hall–Kier alpha value is -1.61. The van der Waals surface area contributed by atoms with Crippen LogP contribution in [0.1, 0.15) is 11.1 Å². The minimum atomic E-state index is -4.55. The number of alkyl halides is 3. The standard InChI is InChI=1S/C15H19F3N2O2S2/c1-20(10-24(21)22)12-4-3-5-13(14(12)15(16,17)18)23(2)9-11-6-7-19-8-11/h3-8,19,23-24H,9-10H2,1-2H3. The molecular weight excluding hydrogens is 361 g/mol. The van der Waals surface area contributed by atoms with Crippen molar-refractivity contribution in [2.75, 3.05) is 24.1 Å². The fourth-order valence-electron chi connectivity index (χ4n) is 2.52. The minimum Gasteiger partial charge on any atom is -0.367 e. The van der Waals surface area contributed by atoms with Crippen LogP contribution in [0.4, 0.5) is 18.9 Å². The summed E-state index contributed by atoms with van der Waals surface area (Å²) in [7, 11) is -2.55. The van der Waals surface area contributed by atoms with Crippen molar-refractivity contribution in [3.05, 3.63) is 47.8 Å². The van der Waals surface area contributed by atoms with Gasteiger partial charge in [0.25, 0.3) is 0 Å². The molecule has 1 N–H and O–H groups in total. The molecule has 0 aliphatic rings. The minimum absolute atomic E-state index is 0.109. The number of thiol groups is 2. The highest BCUT2D eigenvalue weighted by molar-refractivity contribution is 8.15. The van der Waals surface area contributed by atoms with Crippen molar-refractivity contribution in [3.63, 3.8) is 0 Å². The topological polar surface area (TPSA) is 53.2 Å². The highest BCUT2D eigenvalue weighted by Crippen LogP contribution is 2.48. The second-order valence-electron chi connectivity index (χ2n) is 5.42. The number of anilines is 1. The molecular formula is C15H19F3N2O2S2. The van der Waals surface area contributed by atoms with Gasteiger partial charge in [0.1, 0.15) is 5.88 Å². The van der Waals surface area contributed by atoms with E-state index in [2.05, 4.69) is 4.98 Å². The van der Waals surface area contributed by atoms with Gasteiger partial charge in [-0.3, -0.25) is 0 Å². The molecule has 0 saturated heterocycles. The van der Waals surface area contributed by atoms with Gasteiger partial charge in [-0.15, -0.1) is 0 Å². The van der Waals surface area contributed by atoms with E-state index in [0.29, 0.717) is 5.75 Å². The van der Waals surface area contributed by atoms with Crippen molar-refractivity contribution in [2.45, 2.75) is 16.8 Å². The summed E-state index contributed by atoms with van der Waals surface area (Å²) in [5, 5.41) is 0. The first-order chi connectivity index (χ1) is 11.2. The van der Waals surface area contributed by atoms with E-state index in [4.69, 9.17) is 0 Å². The van der Waals surface area contributed by atoms with Crippen molar-refractivity contribution in [1.29, 1.82) is 0 Å². The maximum Gasteiger partial charge on any atom is 0.419 e. The van der Waals surface area contributed by atoms with E-state index in [1.807, 2.05) is 6.07 Å². The van der Waals surface area contributed by atoms with Crippen LogP contribution in [0.25, 0.3) is 0 Å². The third-order valence-corrected chi connectivity index (χ3v) is 6.23. The Labute approximate surface area is 143 Å². The van der Waals surface area contributed by atoms with Gasteiger partial charge in [-0.1, -0.05) is 6.07 Å². The summed E-state index contributed by atoms with van der Waals surface area (Å²) in [6, 6.07) is 6.18. The Kier molecular flexibility index (Phi) is 5.87. The molecule has 0 fully saturated rings. The number of benzene rings is 1. The first kappa shape index (κ1) is 18.7. The van der Waals surface area contributed by atoms with Gasteiger partial charge in [0, 0.05) is 30.1 Å². The number of halogens is 3. The molecule has 9 heteroatoms. The molecule has 0 bridgehead atoms. The average Bonchev–Trinajstić information content (AvgIpc) is 2.97. The molecule has 24 heavy (non-hydrogen) atoms. The highest BCUT2D eigenvalue weighted by atomic mass is 32.2. The molecule has 0 radical (unpaired) electrons. The molecule has 0 saturated carbocycles. The zero-order valence-corrected chi connectivity index (χ0v) is 15.0. The molecule has 1 heterocycles. The second kappa shape index (κ2) is 7.52. The molecule has 1 atom stereocenters. The molecule has 1 aromatic heterocycles. The van der Waals surface area contributed by atoms with Crippen LogP contribution in [-0.2, 0) is 22.6 Å². The van der Waals surface area contributed by atoms with Crippen molar-refractivity contribution in [2.24, 2.45) is 0 Å². The van der Waals surface area contributed by atoms with Crippen molar-refractivity contribution < 1.29 is 21.6 Å². The zero-order valence-electron chi connectivity index (χ0n) is 13.2. The summed E-state index contributed by atoms with van der Waals surface area (Å²) >= 11 is 0. The monoisotopic (exact) mass is 380 g/mol. The van der Waals surface area contributed by atoms with Crippen LogP contribution in [0.15, 0.2) is 41.6 Å². The predicted molar refractivity (Wildman–Crippen MR) is 92.7 cm³/mol. The fourth-order valence-corrected chi connectivity index (χ4v) is 4.90. The zero-order chi connectivity index (χ0) is 17.9. The van der Waals surface area contributed by atoms with Crippen molar-refractivity contribution in [3.8, 4) is 0 Å².